The first kappa shape index (κ1) is 19.9. The minimum absolute atomic E-state index is 0.213. The van der Waals surface area contributed by atoms with Gasteiger partial charge in [-0.2, -0.15) is 0 Å². The van der Waals surface area contributed by atoms with Crippen molar-refractivity contribution >= 4 is 5.82 Å². The molecule has 3 fully saturated rings. The number of anilines is 1. The zero-order valence-electron chi connectivity index (χ0n) is 17.7. The van der Waals surface area contributed by atoms with E-state index in [1.54, 1.807) is 0 Å². The highest BCUT2D eigenvalue weighted by molar-refractivity contribution is 5.48. The van der Waals surface area contributed by atoms with Gasteiger partial charge < -0.3 is 16.0 Å². The molecular weight excluding hydrogens is 374 g/mol. The Morgan fingerprint density at radius 3 is 2.93 bits per heavy atom. The Morgan fingerprint density at radius 1 is 1.13 bits per heavy atom. The van der Waals surface area contributed by atoms with E-state index < -0.39 is 0 Å². The zero-order chi connectivity index (χ0) is 20.5. The summed E-state index contributed by atoms with van der Waals surface area (Å²) in [7, 11) is 0. The number of nitrogens with two attached hydrogens (primary N) is 1. The van der Waals surface area contributed by atoms with E-state index in [9.17, 15) is 0 Å². The Morgan fingerprint density at radius 2 is 2.07 bits per heavy atom. The Bertz CT molecular complexity index is 858. The lowest BCUT2D eigenvalue weighted by Crippen LogP contribution is -2.46. The standard InChI is InChI=1S/C23H33N7/c1-15-6-7-19(27-23(15)30-10-3-5-17(24)8-11-30)22-18-12-20(16-4-2-9-25-13-16)26-14-21(18)28-29-22/h2,4,6-7,9,13,17-18,20-22,26,28-29H,3,5,8,10-12,14,24H2,1H3/t17-,18?,20?,21?,22?/m1/s1. The normalized spacial score (nSPS) is 31.9. The lowest BCUT2D eigenvalue weighted by molar-refractivity contribution is 0.265. The lowest BCUT2D eigenvalue weighted by Gasteiger charge is -2.34. The number of hydrogen-bond donors (Lipinski definition) is 4. The van der Waals surface area contributed by atoms with Crippen LogP contribution in [0.5, 0.6) is 0 Å². The largest absolute Gasteiger partial charge is 0.356 e. The Hall–Kier alpha value is -2.06. The summed E-state index contributed by atoms with van der Waals surface area (Å²) in [6, 6.07) is 9.90. The minimum atomic E-state index is 0.213. The molecule has 0 spiro atoms. The van der Waals surface area contributed by atoms with Crippen LogP contribution in [0.3, 0.4) is 0 Å². The van der Waals surface area contributed by atoms with Crippen molar-refractivity contribution in [3.05, 3.63) is 53.5 Å². The van der Waals surface area contributed by atoms with E-state index in [2.05, 4.69) is 51.2 Å². The van der Waals surface area contributed by atoms with Gasteiger partial charge in [0.15, 0.2) is 0 Å². The highest BCUT2D eigenvalue weighted by atomic mass is 15.4. The van der Waals surface area contributed by atoms with Gasteiger partial charge in [-0.05, 0) is 55.9 Å². The predicted molar refractivity (Wildman–Crippen MR) is 119 cm³/mol. The summed E-state index contributed by atoms with van der Waals surface area (Å²) in [4.78, 5) is 11.9. The van der Waals surface area contributed by atoms with Crippen molar-refractivity contribution in [3.63, 3.8) is 0 Å². The molecule has 160 valence electrons. The first-order valence-corrected chi connectivity index (χ1v) is 11.3. The molecule has 0 aromatic carbocycles. The predicted octanol–water partition coefficient (Wildman–Crippen LogP) is 1.97. The number of hydrogen-bond acceptors (Lipinski definition) is 7. The molecule has 5 heterocycles. The third-order valence-corrected chi connectivity index (χ3v) is 7.03. The number of nitrogens with one attached hydrogen (secondary N) is 3. The van der Waals surface area contributed by atoms with E-state index >= 15 is 0 Å². The second-order valence-corrected chi connectivity index (χ2v) is 9.07. The fourth-order valence-electron chi connectivity index (χ4n) is 5.26. The fraction of sp³-hybridized carbons (Fsp3) is 0.565. The van der Waals surface area contributed by atoms with Crippen LogP contribution in [0.4, 0.5) is 5.82 Å². The van der Waals surface area contributed by atoms with E-state index in [-0.39, 0.29) is 6.04 Å². The Kier molecular flexibility index (Phi) is 5.69. The van der Waals surface area contributed by atoms with E-state index in [4.69, 9.17) is 10.7 Å². The summed E-state index contributed by atoms with van der Waals surface area (Å²) in [5.74, 6) is 1.61. The molecule has 4 unspecified atom stereocenters. The van der Waals surface area contributed by atoms with Crippen molar-refractivity contribution in [1.29, 1.82) is 0 Å². The highest BCUT2D eigenvalue weighted by Gasteiger charge is 2.42. The molecule has 0 saturated carbocycles. The van der Waals surface area contributed by atoms with Crippen molar-refractivity contribution in [2.24, 2.45) is 11.7 Å². The fourth-order valence-corrected chi connectivity index (χ4v) is 5.26. The quantitative estimate of drug-likeness (QED) is 0.618. The van der Waals surface area contributed by atoms with Gasteiger partial charge in [-0.25, -0.2) is 10.4 Å². The van der Waals surface area contributed by atoms with E-state index in [0.717, 1.165) is 56.8 Å². The summed E-state index contributed by atoms with van der Waals surface area (Å²) in [6.07, 6.45) is 8.16. The van der Waals surface area contributed by atoms with E-state index in [1.807, 2.05) is 18.5 Å². The van der Waals surface area contributed by atoms with Gasteiger partial charge in [0.25, 0.3) is 0 Å². The van der Waals surface area contributed by atoms with Crippen LogP contribution in [0.2, 0.25) is 0 Å². The third-order valence-electron chi connectivity index (χ3n) is 7.03. The van der Waals surface area contributed by atoms with Gasteiger partial charge in [-0.15, -0.1) is 0 Å². The summed E-state index contributed by atoms with van der Waals surface area (Å²) in [5.41, 5.74) is 16.9. The molecule has 5 atom stereocenters. The van der Waals surface area contributed by atoms with Gasteiger partial charge in [0.05, 0.1) is 11.7 Å². The number of rotatable bonds is 3. The maximum atomic E-state index is 6.20. The Labute approximate surface area is 178 Å². The van der Waals surface area contributed by atoms with Gasteiger partial charge in [-0.1, -0.05) is 12.1 Å². The van der Waals surface area contributed by atoms with Crippen LogP contribution in [-0.2, 0) is 0 Å². The van der Waals surface area contributed by atoms with Crippen LogP contribution in [0.1, 0.15) is 54.6 Å². The smallest absolute Gasteiger partial charge is 0.131 e. The minimum Gasteiger partial charge on any atom is -0.356 e. The summed E-state index contributed by atoms with van der Waals surface area (Å²) >= 11 is 0. The number of aromatic nitrogens is 2. The first-order valence-electron chi connectivity index (χ1n) is 11.3. The molecule has 3 saturated heterocycles. The molecule has 7 nitrogen and oxygen atoms in total. The van der Waals surface area contributed by atoms with Gasteiger partial charge in [0, 0.05) is 56.1 Å². The van der Waals surface area contributed by atoms with Gasteiger partial charge >= 0.3 is 0 Å². The number of aryl methyl sites for hydroxylation is 1. The monoisotopic (exact) mass is 407 g/mol. The molecule has 2 aromatic rings. The topological polar surface area (TPSA) is 91.1 Å². The van der Waals surface area contributed by atoms with Gasteiger partial charge in [0.2, 0.25) is 0 Å². The maximum absolute atomic E-state index is 6.20. The summed E-state index contributed by atoms with van der Waals surface area (Å²) in [5, 5.41) is 3.68. The molecule has 3 aliphatic heterocycles. The SMILES string of the molecule is Cc1ccc(C2NNC3CNC(c4cccnc4)CC32)nc1N1CCC[C@@H](N)CC1. The van der Waals surface area contributed by atoms with Gasteiger partial charge in [-0.3, -0.25) is 10.4 Å². The van der Waals surface area contributed by atoms with E-state index in [1.165, 1.54) is 11.1 Å². The van der Waals surface area contributed by atoms with Crippen LogP contribution in [-0.4, -0.2) is 41.7 Å². The van der Waals surface area contributed by atoms with Crippen molar-refractivity contribution in [2.75, 3.05) is 24.5 Å². The summed E-state index contributed by atoms with van der Waals surface area (Å²) in [6.45, 7) is 5.15. The van der Waals surface area contributed by atoms with Crippen molar-refractivity contribution in [3.8, 4) is 0 Å². The van der Waals surface area contributed by atoms with Crippen LogP contribution in [0.15, 0.2) is 36.7 Å². The third kappa shape index (κ3) is 3.95. The maximum Gasteiger partial charge on any atom is 0.131 e. The number of piperidine rings is 1. The molecule has 0 bridgehead atoms. The molecule has 7 heteroatoms. The second-order valence-electron chi connectivity index (χ2n) is 9.07. The van der Waals surface area contributed by atoms with Crippen LogP contribution in [0, 0.1) is 12.8 Å². The molecule has 30 heavy (non-hydrogen) atoms. The zero-order valence-corrected chi connectivity index (χ0v) is 17.7. The van der Waals surface area contributed by atoms with Gasteiger partial charge in [0.1, 0.15) is 5.82 Å². The molecule has 5 rings (SSSR count). The number of pyridine rings is 2. The highest BCUT2D eigenvalue weighted by Crippen LogP contribution is 2.38. The molecule has 5 N–H and O–H groups in total. The molecule has 0 radical (unpaired) electrons. The van der Waals surface area contributed by atoms with Crippen LogP contribution >= 0.6 is 0 Å². The van der Waals surface area contributed by atoms with Crippen LogP contribution < -0.4 is 26.8 Å². The summed E-state index contributed by atoms with van der Waals surface area (Å²) < 4.78 is 0. The molecule has 0 amide bonds. The van der Waals surface area contributed by atoms with E-state index in [0.29, 0.717) is 24.0 Å². The Balaban J connectivity index is 1.37. The number of fused-ring (bicyclic) bond motifs is 1. The first-order chi connectivity index (χ1) is 14.7. The van der Waals surface area contributed by atoms with Crippen molar-refractivity contribution < 1.29 is 0 Å². The second kappa shape index (κ2) is 8.59. The van der Waals surface area contributed by atoms with Crippen molar-refractivity contribution in [2.45, 2.75) is 56.8 Å². The molecule has 2 aromatic heterocycles. The number of nitrogens with zero attached hydrogens (tertiary/aromatic N) is 3. The van der Waals surface area contributed by atoms with Crippen LogP contribution in [0.25, 0.3) is 0 Å². The van der Waals surface area contributed by atoms with Crippen molar-refractivity contribution in [1.82, 2.24) is 26.1 Å². The number of hydrazine groups is 1. The average molecular weight is 408 g/mol. The lowest BCUT2D eigenvalue weighted by atomic mass is 9.81. The molecular formula is C23H33N7. The average Bonchev–Trinajstić information content (AvgIpc) is 3.08. The molecule has 0 aliphatic carbocycles. The molecule has 3 aliphatic rings.